The molecule has 0 aliphatic heterocycles. The number of nitriles is 1. The highest BCUT2D eigenvalue weighted by Gasteiger charge is 2.06. The molecule has 0 atom stereocenters. The van der Waals surface area contributed by atoms with Crippen molar-refractivity contribution in [3.8, 4) is 11.8 Å². The summed E-state index contributed by atoms with van der Waals surface area (Å²) in [6.07, 6.45) is 0. The van der Waals surface area contributed by atoms with Crippen molar-refractivity contribution < 1.29 is 13.5 Å². The standard InChI is InChI=1S/C14H8BrF2NO/c15-13-6-12(3-4-14(13)17)19-8-10-5-11(16)2-1-9(10)7-18/h1-6H,8H2. The van der Waals surface area contributed by atoms with Crippen molar-refractivity contribution in [2.45, 2.75) is 6.61 Å². The third-order valence-electron chi connectivity index (χ3n) is 2.47. The van der Waals surface area contributed by atoms with Crippen LogP contribution < -0.4 is 4.74 Å². The van der Waals surface area contributed by atoms with Crippen LogP contribution in [0.25, 0.3) is 0 Å². The summed E-state index contributed by atoms with van der Waals surface area (Å²) < 4.78 is 31.8. The van der Waals surface area contributed by atoms with E-state index in [1.54, 1.807) is 0 Å². The summed E-state index contributed by atoms with van der Waals surface area (Å²) in [4.78, 5) is 0. The first-order chi connectivity index (χ1) is 9.10. The number of halogens is 3. The molecule has 2 aromatic rings. The molecule has 19 heavy (non-hydrogen) atoms. The summed E-state index contributed by atoms with van der Waals surface area (Å²) in [5, 5.41) is 8.90. The van der Waals surface area contributed by atoms with E-state index < -0.39 is 11.6 Å². The lowest BCUT2D eigenvalue weighted by Gasteiger charge is -2.08. The van der Waals surface area contributed by atoms with Crippen LogP contribution in [-0.2, 0) is 6.61 Å². The minimum absolute atomic E-state index is 0.0404. The first-order valence-corrected chi connectivity index (χ1v) is 6.16. The van der Waals surface area contributed by atoms with Gasteiger partial charge in [-0.2, -0.15) is 5.26 Å². The maximum Gasteiger partial charge on any atom is 0.137 e. The normalized spacial score (nSPS) is 10.0. The van der Waals surface area contributed by atoms with Gasteiger partial charge in [0.15, 0.2) is 0 Å². The van der Waals surface area contributed by atoms with Crippen LogP contribution in [0, 0.1) is 23.0 Å². The van der Waals surface area contributed by atoms with Gasteiger partial charge in [0, 0.05) is 5.56 Å². The second-order valence-electron chi connectivity index (χ2n) is 3.78. The first kappa shape index (κ1) is 13.5. The molecule has 0 aromatic heterocycles. The molecule has 0 saturated carbocycles. The molecular formula is C14H8BrF2NO. The average Bonchev–Trinajstić information content (AvgIpc) is 2.40. The molecule has 5 heteroatoms. The summed E-state index contributed by atoms with van der Waals surface area (Å²) in [6, 6.07) is 10.0. The minimum Gasteiger partial charge on any atom is -0.489 e. The molecule has 0 N–H and O–H groups in total. The molecule has 2 rings (SSSR count). The molecule has 0 heterocycles. The Bertz CT molecular complexity index is 652. The molecule has 0 radical (unpaired) electrons. The molecule has 2 nitrogen and oxygen atoms in total. The smallest absolute Gasteiger partial charge is 0.137 e. The summed E-state index contributed by atoms with van der Waals surface area (Å²) in [6.45, 7) is 0.0404. The van der Waals surface area contributed by atoms with Gasteiger partial charge in [-0.3, -0.25) is 0 Å². The zero-order chi connectivity index (χ0) is 13.8. The SMILES string of the molecule is N#Cc1ccc(F)cc1COc1ccc(F)c(Br)c1. The lowest BCUT2D eigenvalue weighted by Crippen LogP contribution is -1.99. The average molecular weight is 324 g/mol. The predicted octanol–water partition coefficient (Wildman–Crippen LogP) is 4.18. The molecule has 0 saturated heterocycles. The van der Waals surface area contributed by atoms with Gasteiger partial charge >= 0.3 is 0 Å². The summed E-state index contributed by atoms with van der Waals surface area (Å²) in [5.74, 6) is -0.393. The number of rotatable bonds is 3. The monoisotopic (exact) mass is 323 g/mol. The van der Waals surface area contributed by atoms with Crippen LogP contribution in [0.3, 0.4) is 0 Å². The highest BCUT2D eigenvalue weighted by atomic mass is 79.9. The maximum atomic E-state index is 13.1. The second-order valence-corrected chi connectivity index (χ2v) is 4.63. The zero-order valence-electron chi connectivity index (χ0n) is 9.66. The van der Waals surface area contributed by atoms with E-state index in [2.05, 4.69) is 15.9 Å². The van der Waals surface area contributed by atoms with Crippen LogP contribution in [0.15, 0.2) is 40.9 Å². The Labute approximate surface area is 117 Å². The number of hydrogen-bond acceptors (Lipinski definition) is 2. The van der Waals surface area contributed by atoms with E-state index in [1.807, 2.05) is 6.07 Å². The van der Waals surface area contributed by atoms with Crippen molar-refractivity contribution >= 4 is 15.9 Å². The molecule has 0 amide bonds. The van der Waals surface area contributed by atoms with Gasteiger partial charge in [-0.05, 0) is 52.3 Å². The Kier molecular flexibility index (Phi) is 4.13. The van der Waals surface area contributed by atoms with Gasteiger partial charge in [-0.1, -0.05) is 0 Å². The van der Waals surface area contributed by atoms with Gasteiger partial charge in [0.2, 0.25) is 0 Å². The van der Waals surface area contributed by atoms with E-state index in [1.165, 1.54) is 36.4 Å². The Balaban J connectivity index is 2.16. The van der Waals surface area contributed by atoms with E-state index in [0.717, 1.165) is 0 Å². The summed E-state index contributed by atoms with van der Waals surface area (Å²) in [7, 11) is 0. The molecular weight excluding hydrogens is 316 g/mol. The van der Waals surface area contributed by atoms with E-state index >= 15 is 0 Å². The van der Waals surface area contributed by atoms with Crippen LogP contribution in [-0.4, -0.2) is 0 Å². The van der Waals surface area contributed by atoms with E-state index in [4.69, 9.17) is 10.00 Å². The minimum atomic E-state index is -0.433. The number of hydrogen-bond donors (Lipinski definition) is 0. The molecule has 0 bridgehead atoms. The third-order valence-corrected chi connectivity index (χ3v) is 3.08. The Morgan fingerprint density at radius 3 is 2.63 bits per heavy atom. The number of benzene rings is 2. The highest BCUT2D eigenvalue weighted by Crippen LogP contribution is 2.23. The van der Waals surface area contributed by atoms with Crippen molar-refractivity contribution in [1.82, 2.24) is 0 Å². The lowest BCUT2D eigenvalue weighted by molar-refractivity contribution is 0.304. The molecule has 0 aliphatic rings. The Morgan fingerprint density at radius 1 is 1.16 bits per heavy atom. The topological polar surface area (TPSA) is 33.0 Å². The molecule has 0 unspecified atom stereocenters. The van der Waals surface area contributed by atoms with Crippen molar-refractivity contribution in [2.75, 3.05) is 0 Å². The van der Waals surface area contributed by atoms with Crippen LogP contribution in [0.5, 0.6) is 5.75 Å². The van der Waals surface area contributed by atoms with Gasteiger partial charge in [-0.15, -0.1) is 0 Å². The van der Waals surface area contributed by atoms with Gasteiger partial charge in [0.1, 0.15) is 24.0 Å². The second kappa shape index (κ2) is 5.81. The Morgan fingerprint density at radius 2 is 1.95 bits per heavy atom. The zero-order valence-corrected chi connectivity index (χ0v) is 11.2. The number of nitrogens with zero attached hydrogens (tertiary/aromatic N) is 1. The fraction of sp³-hybridized carbons (Fsp3) is 0.0714. The highest BCUT2D eigenvalue weighted by molar-refractivity contribution is 9.10. The quantitative estimate of drug-likeness (QED) is 0.849. The van der Waals surface area contributed by atoms with Gasteiger partial charge in [0.25, 0.3) is 0 Å². The van der Waals surface area contributed by atoms with Crippen LogP contribution in [0.1, 0.15) is 11.1 Å². The largest absolute Gasteiger partial charge is 0.489 e. The van der Waals surface area contributed by atoms with Crippen LogP contribution >= 0.6 is 15.9 Å². The fourth-order valence-electron chi connectivity index (χ4n) is 1.52. The van der Waals surface area contributed by atoms with Crippen LogP contribution in [0.2, 0.25) is 0 Å². The maximum absolute atomic E-state index is 13.1. The Hall–Kier alpha value is -1.93. The molecule has 2 aromatic carbocycles. The van der Waals surface area contributed by atoms with Crippen molar-refractivity contribution in [3.05, 3.63) is 63.6 Å². The van der Waals surface area contributed by atoms with Gasteiger partial charge in [0.05, 0.1) is 16.1 Å². The van der Waals surface area contributed by atoms with E-state index in [-0.39, 0.29) is 11.1 Å². The molecule has 96 valence electrons. The van der Waals surface area contributed by atoms with E-state index in [0.29, 0.717) is 16.9 Å². The predicted molar refractivity (Wildman–Crippen MR) is 69.5 cm³/mol. The van der Waals surface area contributed by atoms with Crippen molar-refractivity contribution in [3.63, 3.8) is 0 Å². The molecule has 0 spiro atoms. The van der Waals surface area contributed by atoms with Crippen molar-refractivity contribution in [2.24, 2.45) is 0 Å². The lowest BCUT2D eigenvalue weighted by atomic mass is 10.1. The number of ether oxygens (including phenoxy) is 1. The van der Waals surface area contributed by atoms with Crippen LogP contribution in [0.4, 0.5) is 8.78 Å². The third kappa shape index (κ3) is 3.30. The van der Waals surface area contributed by atoms with Gasteiger partial charge < -0.3 is 4.74 Å². The summed E-state index contributed by atoms with van der Waals surface area (Å²) in [5.41, 5.74) is 0.797. The first-order valence-electron chi connectivity index (χ1n) is 5.36. The van der Waals surface area contributed by atoms with E-state index in [9.17, 15) is 8.78 Å². The van der Waals surface area contributed by atoms with Gasteiger partial charge in [-0.25, -0.2) is 8.78 Å². The molecule has 0 aliphatic carbocycles. The van der Waals surface area contributed by atoms with Crippen molar-refractivity contribution in [1.29, 1.82) is 5.26 Å². The summed E-state index contributed by atoms with van der Waals surface area (Å²) >= 11 is 3.04. The molecule has 0 fully saturated rings. The fourth-order valence-corrected chi connectivity index (χ4v) is 1.88.